The highest BCUT2D eigenvalue weighted by molar-refractivity contribution is 7.10. The predicted octanol–water partition coefficient (Wildman–Crippen LogP) is 5.94. The molecule has 1 atom stereocenters. The van der Waals surface area contributed by atoms with E-state index in [0.717, 1.165) is 35.0 Å². The molecule has 182 valence electrons. The largest absolute Gasteiger partial charge is 0.372 e. The number of hydrogen-bond acceptors (Lipinski definition) is 4. The minimum Gasteiger partial charge on any atom is -0.372 e. The first-order valence-electron chi connectivity index (χ1n) is 12.2. The number of carbonyl (C=O) groups excluding carboxylic acids is 2. The van der Waals surface area contributed by atoms with Gasteiger partial charge >= 0.3 is 0 Å². The highest BCUT2D eigenvalue weighted by Crippen LogP contribution is 2.25. The van der Waals surface area contributed by atoms with E-state index >= 15 is 0 Å². The van der Waals surface area contributed by atoms with Crippen LogP contribution in [0.2, 0.25) is 0 Å². The number of rotatable bonds is 7. The number of nitrogens with one attached hydrogen (secondary N) is 2. The zero-order valence-electron chi connectivity index (χ0n) is 20.6. The lowest BCUT2D eigenvalue weighted by molar-refractivity contribution is -0.118. The van der Waals surface area contributed by atoms with Gasteiger partial charge in [-0.25, -0.2) is 0 Å². The monoisotopic (exact) mass is 487 g/mol. The van der Waals surface area contributed by atoms with E-state index in [4.69, 9.17) is 0 Å². The topological polar surface area (TPSA) is 61.4 Å². The summed E-state index contributed by atoms with van der Waals surface area (Å²) in [7, 11) is 0. The summed E-state index contributed by atoms with van der Waals surface area (Å²) in [6, 6.07) is 19.4. The Balaban J connectivity index is 1.46. The van der Waals surface area contributed by atoms with Gasteiger partial charge in [0, 0.05) is 29.2 Å². The van der Waals surface area contributed by atoms with Crippen molar-refractivity contribution >= 4 is 34.9 Å². The first kappa shape index (κ1) is 24.7. The third kappa shape index (κ3) is 6.40. The van der Waals surface area contributed by atoms with Crippen molar-refractivity contribution in [2.24, 2.45) is 5.92 Å². The van der Waals surface area contributed by atoms with Crippen LogP contribution in [0.25, 0.3) is 6.08 Å². The molecular formula is C29H33N3O2S. The van der Waals surface area contributed by atoms with Gasteiger partial charge in [-0.05, 0) is 79.5 Å². The van der Waals surface area contributed by atoms with E-state index in [1.54, 1.807) is 12.1 Å². The molecule has 1 unspecified atom stereocenters. The molecule has 1 fully saturated rings. The van der Waals surface area contributed by atoms with Crippen LogP contribution in [0.4, 0.5) is 5.69 Å². The Hall–Kier alpha value is -3.38. The van der Waals surface area contributed by atoms with Crippen LogP contribution in [-0.2, 0) is 4.79 Å². The van der Waals surface area contributed by atoms with E-state index in [1.165, 1.54) is 29.9 Å². The van der Waals surface area contributed by atoms with Gasteiger partial charge < -0.3 is 15.5 Å². The van der Waals surface area contributed by atoms with E-state index in [0.29, 0.717) is 5.56 Å². The minimum atomic E-state index is -0.318. The number of piperidine rings is 1. The number of thiophene rings is 1. The lowest BCUT2D eigenvalue weighted by atomic mass is 9.98. The van der Waals surface area contributed by atoms with Gasteiger partial charge in [0.25, 0.3) is 11.8 Å². The Labute approximate surface area is 211 Å². The second-order valence-corrected chi connectivity index (χ2v) is 10.3. The molecule has 1 aliphatic heterocycles. The van der Waals surface area contributed by atoms with Crippen LogP contribution in [0.1, 0.15) is 59.1 Å². The van der Waals surface area contributed by atoms with Crippen molar-refractivity contribution in [2.45, 2.75) is 39.7 Å². The number of amides is 2. The van der Waals surface area contributed by atoms with Crippen LogP contribution in [0, 0.1) is 12.8 Å². The molecule has 4 rings (SSSR count). The predicted molar refractivity (Wildman–Crippen MR) is 145 cm³/mol. The number of nitrogens with zero attached hydrogens (tertiary/aromatic N) is 1. The Kier molecular flexibility index (Phi) is 8.03. The molecule has 35 heavy (non-hydrogen) atoms. The fourth-order valence-electron chi connectivity index (χ4n) is 4.29. The van der Waals surface area contributed by atoms with E-state index in [2.05, 4.69) is 46.7 Å². The highest BCUT2D eigenvalue weighted by atomic mass is 32.1. The molecule has 0 spiro atoms. The van der Waals surface area contributed by atoms with Crippen molar-refractivity contribution in [1.29, 1.82) is 0 Å². The van der Waals surface area contributed by atoms with Gasteiger partial charge in [0.15, 0.2) is 0 Å². The second kappa shape index (κ2) is 11.4. The van der Waals surface area contributed by atoms with Gasteiger partial charge in [-0.2, -0.15) is 0 Å². The summed E-state index contributed by atoms with van der Waals surface area (Å²) < 4.78 is 0. The first-order valence-corrected chi connectivity index (χ1v) is 13.1. The molecule has 1 saturated heterocycles. The summed E-state index contributed by atoms with van der Waals surface area (Å²) in [5, 5.41) is 7.83. The van der Waals surface area contributed by atoms with E-state index < -0.39 is 0 Å². The van der Waals surface area contributed by atoms with E-state index in [1.807, 2.05) is 49.6 Å². The van der Waals surface area contributed by atoms with Crippen molar-refractivity contribution in [2.75, 3.05) is 18.0 Å². The van der Waals surface area contributed by atoms with Crippen LogP contribution in [0.3, 0.4) is 0 Å². The SMILES string of the molecule is Cc1ccccc1C(=O)N/C(=C\c1cccs1)C(=O)NC(C)c1ccc(N2CCC(C)CC2)cc1. The number of benzene rings is 2. The molecular weight excluding hydrogens is 454 g/mol. The minimum absolute atomic E-state index is 0.208. The van der Waals surface area contributed by atoms with Crippen molar-refractivity contribution in [1.82, 2.24) is 10.6 Å². The summed E-state index contributed by atoms with van der Waals surface area (Å²) in [4.78, 5) is 29.5. The zero-order chi connectivity index (χ0) is 24.8. The summed E-state index contributed by atoms with van der Waals surface area (Å²) in [5.74, 6) is 0.180. The number of anilines is 1. The third-order valence-corrected chi connectivity index (χ3v) is 7.42. The van der Waals surface area contributed by atoms with Gasteiger partial charge in [0.2, 0.25) is 0 Å². The van der Waals surface area contributed by atoms with E-state index in [9.17, 15) is 9.59 Å². The van der Waals surface area contributed by atoms with Gasteiger partial charge in [0.05, 0.1) is 6.04 Å². The van der Waals surface area contributed by atoms with Gasteiger partial charge in [0.1, 0.15) is 5.70 Å². The molecule has 0 saturated carbocycles. The molecule has 1 aromatic heterocycles. The molecule has 6 heteroatoms. The Morgan fingerprint density at radius 2 is 1.74 bits per heavy atom. The van der Waals surface area contributed by atoms with Gasteiger partial charge in [-0.1, -0.05) is 43.3 Å². The first-order chi connectivity index (χ1) is 16.9. The highest BCUT2D eigenvalue weighted by Gasteiger charge is 2.19. The standard InChI is InChI=1S/C29H33N3O2S/c1-20-14-16-32(17-15-20)24-12-10-23(11-13-24)22(3)30-29(34)27(19-25-8-6-18-35-25)31-28(33)26-9-5-4-7-21(26)2/h4-13,18-20,22H,14-17H2,1-3H3,(H,30,34)(H,31,33)/b27-19-. The van der Waals surface area contributed by atoms with Crippen LogP contribution >= 0.6 is 11.3 Å². The summed E-state index contributed by atoms with van der Waals surface area (Å²) in [6.07, 6.45) is 4.17. The zero-order valence-corrected chi connectivity index (χ0v) is 21.4. The normalized spacial score (nSPS) is 15.5. The lowest BCUT2D eigenvalue weighted by Crippen LogP contribution is -2.36. The molecule has 0 bridgehead atoms. The molecule has 0 radical (unpaired) electrons. The van der Waals surface area contributed by atoms with Gasteiger partial charge in [-0.3, -0.25) is 9.59 Å². The third-order valence-electron chi connectivity index (χ3n) is 6.60. The molecule has 3 aromatic rings. The van der Waals surface area contributed by atoms with Crippen molar-refractivity contribution in [3.05, 3.63) is 93.3 Å². The van der Waals surface area contributed by atoms with Crippen molar-refractivity contribution < 1.29 is 9.59 Å². The molecule has 2 heterocycles. The molecule has 0 aliphatic carbocycles. The summed E-state index contributed by atoms with van der Waals surface area (Å²) in [5.41, 5.74) is 3.88. The van der Waals surface area contributed by atoms with Crippen LogP contribution in [0.15, 0.2) is 71.7 Å². The Morgan fingerprint density at radius 3 is 2.40 bits per heavy atom. The summed E-state index contributed by atoms with van der Waals surface area (Å²) in [6.45, 7) is 8.33. The maximum absolute atomic E-state index is 13.3. The molecule has 5 nitrogen and oxygen atoms in total. The number of carbonyl (C=O) groups is 2. The Morgan fingerprint density at radius 1 is 1.03 bits per heavy atom. The molecule has 1 aliphatic rings. The van der Waals surface area contributed by atoms with E-state index in [-0.39, 0.29) is 23.6 Å². The maximum atomic E-state index is 13.3. The lowest BCUT2D eigenvalue weighted by Gasteiger charge is -2.32. The molecule has 2 aromatic carbocycles. The number of hydrogen-bond donors (Lipinski definition) is 2. The van der Waals surface area contributed by atoms with Crippen LogP contribution in [-0.4, -0.2) is 24.9 Å². The van der Waals surface area contributed by atoms with Crippen LogP contribution < -0.4 is 15.5 Å². The smallest absolute Gasteiger partial charge is 0.268 e. The number of aryl methyl sites for hydroxylation is 1. The Bertz CT molecular complexity index is 1180. The average Bonchev–Trinajstić information content (AvgIpc) is 3.37. The van der Waals surface area contributed by atoms with Crippen molar-refractivity contribution in [3.8, 4) is 0 Å². The van der Waals surface area contributed by atoms with Crippen molar-refractivity contribution in [3.63, 3.8) is 0 Å². The quantitative estimate of drug-likeness (QED) is 0.406. The molecule has 2 amide bonds. The maximum Gasteiger partial charge on any atom is 0.268 e. The molecule has 2 N–H and O–H groups in total. The van der Waals surface area contributed by atoms with Gasteiger partial charge in [-0.15, -0.1) is 11.3 Å². The van der Waals surface area contributed by atoms with Crippen LogP contribution in [0.5, 0.6) is 0 Å². The summed E-state index contributed by atoms with van der Waals surface area (Å²) >= 11 is 1.51. The second-order valence-electron chi connectivity index (χ2n) is 9.30. The average molecular weight is 488 g/mol. The fourth-order valence-corrected chi connectivity index (χ4v) is 4.95. The fraction of sp³-hybridized carbons (Fsp3) is 0.310.